The fourth-order valence-corrected chi connectivity index (χ4v) is 3.38. The van der Waals surface area contributed by atoms with Gasteiger partial charge in [0.15, 0.2) is 5.78 Å². The molecule has 20 heavy (non-hydrogen) atoms. The summed E-state index contributed by atoms with van der Waals surface area (Å²) < 4.78 is 1.54. The van der Waals surface area contributed by atoms with Crippen LogP contribution in [0.25, 0.3) is 0 Å². The number of nitriles is 1. The Morgan fingerprint density at radius 1 is 1.15 bits per heavy atom. The molecule has 0 heterocycles. The van der Waals surface area contributed by atoms with Crippen LogP contribution in [0.4, 0.5) is 0 Å². The molecule has 0 aromatic heterocycles. The molecule has 0 fully saturated rings. The van der Waals surface area contributed by atoms with Crippen LogP contribution in [0.2, 0.25) is 5.02 Å². The molecule has 0 aliphatic carbocycles. The number of halogens is 3. The van der Waals surface area contributed by atoms with Gasteiger partial charge in [-0.2, -0.15) is 5.26 Å². The molecule has 0 saturated carbocycles. The fourth-order valence-electron chi connectivity index (χ4n) is 1.84. The monoisotopic (exact) mass is 411 g/mol. The highest BCUT2D eigenvalue weighted by Gasteiger charge is 2.24. The largest absolute Gasteiger partial charge is 0.292 e. The third-order valence-electron chi connectivity index (χ3n) is 2.75. The summed E-state index contributed by atoms with van der Waals surface area (Å²) in [5.41, 5.74) is 0.982. The number of hydrogen-bond acceptors (Lipinski definition) is 2. The zero-order chi connectivity index (χ0) is 14.7. The van der Waals surface area contributed by atoms with E-state index in [1.165, 1.54) is 0 Å². The van der Waals surface area contributed by atoms with Crippen molar-refractivity contribution in [2.45, 2.75) is 5.92 Å². The topological polar surface area (TPSA) is 40.9 Å². The first-order chi connectivity index (χ1) is 9.52. The van der Waals surface area contributed by atoms with E-state index < -0.39 is 5.92 Å². The quantitative estimate of drug-likeness (QED) is 0.636. The van der Waals surface area contributed by atoms with Crippen LogP contribution >= 0.6 is 43.5 Å². The molecule has 2 nitrogen and oxygen atoms in total. The average molecular weight is 413 g/mol. The Hall–Kier alpha value is -1.15. The summed E-state index contributed by atoms with van der Waals surface area (Å²) >= 11 is 12.7. The van der Waals surface area contributed by atoms with E-state index in [9.17, 15) is 10.1 Å². The molecule has 0 spiro atoms. The minimum absolute atomic E-state index is 0.275. The van der Waals surface area contributed by atoms with Crippen molar-refractivity contribution >= 4 is 49.2 Å². The maximum atomic E-state index is 12.5. The van der Waals surface area contributed by atoms with Gasteiger partial charge in [-0.1, -0.05) is 61.7 Å². The molecule has 0 aliphatic rings. The summed E-state index contributed by atoms with van der Waals surface area (Å²) in [4.78, 5) is 12.5. The van der Waals surface area contributed by atoms with Crippen molar-refractivity contribution in [3.05, 3.63) is 67.6 Å². The number of carbonyl (C=O) groups is 1. The van der Waals surface area contributed by atoms with Crippen molar-refractivity contribution in [3.63, 3.8) is 0 Å². The normalized spacial score (nSPS) is 11.7. The number of nitrogens with zero attached hydrogens (tertiary/aromatic N) is 1. The van der Waals surface area contributed by atoms with Crippen LogP contribution in [0.15, 0.2) is 51.4 Å². The van der Waals surface area contributed by atoms with Gasteiger partial charge in [0.25, 0.3) is 0 Å². The predicted molar refractivity (Wildman–Crippen MR) is 86.0 cm³/mol. The highest BCUT2D eigenvalue weighted by Crippen LogP contribution is 2.29. The van der Waals surface area contributed by atoms with Crippen LogP contribution in [0, 0.1) is 11.3 Å². The Labute approximate surface area is 138 Å². The van der Waals surface area contributed by atoms with Crippen molar-refractivity contribution in [1.29, 1.82) is 5.26 Å². The number of Topliss-reactive ketones (excluding diaryl/α,β-unsaturated/α-hetero) is 1. The molecular formula is C15H8Br2ClNO. The molecule has 0 amide bonds. The van der Waals surface area contributed by atoms with Crippen LogP contribution in [0.5, 0.6) is 0 Å². The molecule has 100 valence electrons. The summed E-state index contributed by atoms with van der Waals surface area (Å²) in [6, 6.07) is 14.1. The lowest BCUT2D eigenvalue weighted by Crippen LogP contribution is -2.11. The van der Waals surface area contributed by atoms with Crippen LogP contribution < -0.4 is 0 Å². The molecule has 5 heteroatoms. The van der Waals surface area contributed by atoms with Crippen LogP contribution in [0.1, 0.15) is 21.8 Å². The highest BCUT2D eigenvalue weighted by atomic mass is 79.9. The van der Waals surface area contributed by atoms with E-state index in [2.05, 4.69) is 31.9 Å². The standard InChI is InChI=1S/C15H8Br2ClNO/c16-10-5-9(6-11(17)7-10)15(20)13(8-19)12-3-1-2-4-14(12)18/h1-7,13H. The minimum Gasteiger partial charge on any atom is -0.292 e. The van der Waals surface area contributed by atoms with Gasteiger partial charge in [-0.15, -0.1) is 0 Å². The lowest BCUT2D eigenvalue weighted by atomic mass is 9.92. The molecule has 1 atom stereocenters. The molecule has 0 saturated heterocycles. The van der Waals surface area contributed by atoms with E-state index in [1.54, 1.807) is 36.4 Å². The van der Waals surface area contributed by atoms with E-state index in [1.807, 2.05) is 12.1 Å². The van der Waals surface area contributed by atoms with Crippen molar-refractivity contribution in [2.75, 3.05) is 0 Å². The molecule has 2 rings (SSSR count). The van der Waals surface area contributed by atoms with Crippen molar-refractivity contribution in [1.82, 2.24) is 0 Å². The number of ketones is 1. The second-order valence-corrected chi connectivity index (χ2v) is 6.34. The molecule has 0 aliphatic heterocycles. The molecule has 0 N–H and O–H groups in total. The first-order valence-corrected chi connectivity index (χ1v) is 7.63. The summed E-state index contributed by atoms with van der Waals surface area (Å²) in [6.07, 6.45) is 0. The lowest BCUT2D eigenvalue weighted by molar-refractivity contribution is 0.0979. The van der Waals surface area contributed by atoms with Gasteiger partial charge < -0.3 is 0 Å². The number of carbonyl (C=O) groups excluding carboxylic acids is 1. The smallest absolute Gasteiger partial charge is 0.184 e. The van der Waals surface area contributed by atoms with Crippen molar-refractivity contribution in [3.8, 4) is 6.07 Å². The van der Waals surface area contributed by atoms with Gasteiger partial charge in [0.1, 0.15) is 5.92 Å². The minimum atomic E-state index is -0.912. The fraction of sp³-hybridized carbons (Fsp3) is 0.0667. The SMILES string of the molecule is N#CC(C(=O)c1cc(Br)cc(Br)c1)c1ccccc1Cl. The number of benzene rings is 2. The second-order valence-electron chi connectivity index (χ2n) is 4.11. The Morgan fingerprint density at radius 3 is 2.30 bits per heavy atom. The molecular weight excluding hydrogens is 405 g/mol. The molecule has 0 radical (unpaired) electrons. The van der Waals surface area contributed by atoms with Crippen LogP contribution in [-0.2, 0) is 0 Å². The Bertz CT molecular complexity index is 689. The molecule has 1 unspecified atom stereocenters. The van der Waals surface area contributed by atoms with Gasteiger partial charge in [0.05, 0.1) is 6.07 Å². The van der Waals surface area contributed by atoms with Gasteiger partial charge >= 0.3 is 0 Å². The van der Waals surface area contributed by atoms with E-state index >= 15 is 0 Å². The number of rotatable bonds is 3. The van der Waals surface area contributed by atoms with E-state index in [-0.39, 0.29) is 5.78 Å². The maximum absolute atomic E-state index is 12.5. The zero-order valence-electron chi connectivity index (χ0n) is 10.1. The Kier molecular flexibility index (Phi) is 4.98. The first kappa shape index (κ1) is 15.2. The van der Waals surface area contributed by atoms with E-state index in [4.69, 9.17) is 11.6 Å². The van der Waals surface area contributed by atoms with E-state index in [0.717, 1.165) is 8.95 Å². The van der Waals surface area contributed by atoms with E-state index in [0.29, 0.717) is 16.1 Å². The first-order valence-electron chi connectivity index (χ1n) is 5.67. The molecule has 2 aromatic rings. The van der Waals surface area contributed by atoms with Gasteiger partial charge in [0, 0.05) is 19.5 Å². The van der Waals surface area contributed by atoms with Crippen LogP contribution in [-0.4, -0.2) is 5.78 Å². The maximum Gasteiger partial charge on any atom is 0.184 e. The lowest BCUT2D eigenvalue weighted by Gasteiger charge is -2.11. The summed E-state index contributed by atoms with van der Waals surface area (Å²) in [5, 5.41) is 9.74. The van der Waals surface area contributed by atoms with Crippen molar-refractivity contribution < 1.29 is 4.79 Å². The van der Waals surface area contributed by atoms with Gasteiger partial charge in [-0.05, 0) is 29.8 Å². The Morgan fingerprint density at radius 2 is 1.75 bits per heavy atom. The van der Waals surface area contributed by atoms with Crippen LogP contribution in [0.3, 0.4) is 0 Å². The molecule has 0 bridgehead atoms. The third-order valence-corrected chi connectivity index (χ3v) is 4.01. The van der Waals surface area contributed by atoms with Gasteiger partial charge in [-0.3, -0.25) is 4.79 Å². The summed E-state index contributed by atoms with van der Waals surface area (Å²) in [5.74, 6) is -1.19. The van der Waals surface area contributed by atoms with Gasteiger partial charge in [-0.25, -0.2) is 0 Å². The third kappa shape index (κ3) is 3.29. The summed E-state index contributed by atoms with van der Waals surface area (Å²) in [6.45, 7) is 0. The summed E-state index contributed by atoms with van der Waals surface area (Å²) in [7, 11) is 0. The second kappa shape index (κ2) is 6.53. The average Bonchev–Trinajstić information content (AvgIpc) is 2.40. The molecule has 2 aromatic carbocycles. The Balaban J connectivity index is 2.45. The zero-order valence-corrected chi connectivity index (χ0v) is 14.0. The highest BCUT2D eigenvalue weighted by molar-refractivity contribution is 9.11. The van der Waals surface area contributed by atoms with Crippen molar-refractivity contribution in [2.24, 2.45) is 0 Å². The van der Waals surface area contributed by atoms with Gasteiger partial charge in [0.2, 0.25) is 0 Å². The number of hydrogen-bond donors (Lipinski definition) is 0. The predicted octanol–water partition coefficient (Wildman–Crippen LogP) is 5.36.